The molecule has 1 aromatic rings. The first-order valence-corrected chi connectivity index (χ1v) is 4.71. The van der Waals surface area contributed by atoms with E-state index in [0.29, 0.717) is 24.9 Å². The Morgan fingerprint density at radius 3 is 2.54 bits per heavy atom. The van der Waals surface area contributed by atoms with Gasteiger partial charge in [0.15, 0.2) is 0 Å². The first-order valence-electron chi connectivity index (χ1n) is 4.71. The van der Waals surface area contributed by atoms with Crippen molar-refractivity contribution in [2.24, 2.45) is 0 Å². The highest BCUT2D eigenvalue weighted by atomic mass is 16.6. The van der Waals surface area contributed by atoms with Crippen LogP contribution in [0.2, 0.25) is 0 Å². The summed E-state index contributed by atoms with van der Waals surface area (Å²) in [4.78, 5) is 0. The van der Waals surface area contributed by atoms with E-state index in [0.717, 1.165) is 12.8 Å². The standard InChI is InChI=1S/C10H16O3/c1-3-6-11-9-5-8-13-10(9)12-7-4-2/h5,8H,3-4,6-7H2,1-2H3. The molecule has 0 aliphatic rings. The van der Waals surface area contributed by atoms with Crippen LogP contribution in [0.4, 0.5) is 0 Å². The fraction of sp³-hybridized carbons (Fsp3) is 0.600. The molecule has 0 atom stereocenters. The van der Waals surface area contributed by atoms with E-state index in [1.54, 1.807) is 12.3 Å². The Morgan fingerprint density at radius 1 is 1.15 bits per heavy atom. The second-order valence-electron chi connectivity index (χ2n) is 2.77. The average molecular weight is 184 g/mol. The summed E-state index contributed by atoms with van der Waals surface area (Å²) in [6.45, 7) is 5.47. The molecule has 0 aliphatic heterocycles. The van der Waals surface area contributed by atoms with Crippen LogP contribution in [0.15, 0.2) is 16.7 Å². The van der Waals surface area contributed by atoms with Gasteiger partial charge in [0.2, 0.25) is 5.75 Å². The van der Waals surface area contributed by atoms with Crippen molar-refractivity contribution < 1.29 is 13.9 Å². The van der Waals surface area contributed by atoms with E-state index in [-0.39, 0.29) is 0 Å². The highest BCUT2D eigenvalue weighted by Crippen LogP contribution is 2.28. The highest BCUT2D eigenvalue weighted by molar-refractivity contribution is 5.29. The van der Waals surface area contributed by atoms with Crippen LogP contribution >= 0.6 is 0 Å². The Labute approximate surface area is 78.6 Å². The minimum atomic E-state index is 0.496. The van der Waals surface area contributed by atoms with Gasteiger partial charge >= 0.3 is 5.95 Å². The van der Waals surface area contributed by atoms with Gasteiger partial charge in [-0.2, -0.15) is 0 Å². The normalized spacial score (nSPS) is 10.0. The Morgan fingerprint density at radius 2 is 1.85 bits per heavy atom. The Hall–Kier alpha value is -1.12. The van der Waals surface area contributed by atoms with Gasteiger partial charge in [-0.15, -0.1) is 0 Å². The maximum Gasteiger partial charge on any atom is 0.328 e. The molecular weight excluding hydrogens is 168 g/mol. The molecule has 0 spiro atoms. The van der Waals surface area contributed by atoms with Crippen molar-refractivity contribution in [3.05, 3.63) is 12.3 Å². The summed E-state index contributed by atoms with van der Waals surface area (Å²) in [7, 11) is 0. The van der Waals surface area contributed by atoms with E-state index in [2.05, 4.69) is 13.8 Å². The minimum absolute atomic E-state index is 0.496. The van der Waals surface area contributed by atoms with Crippen LogP contribution < -0.4 is 9.47 Å². The number of hydrogen-bond acceptors (Lipinski definition) is 3. The zero-order chi connectivity index (χ0) is 9.52. The topological polar surface area (TPSA) is 31.6 Å². The van der Waals surface area contributed by atoms with Crippen molar-refractivity contribution >= 4 is 0 Å². The quantitative estimate of drug-likeness (QED) is 0.681. The molecule has 0 unspecified atom stereocenters. The van der Waals surface area contributed by atoms with E-state index in [9.17, 15) is 0 Å². The maximum atomic E-state index is 5.40. The summed E-state index contributed by atoms with van der Waals surface area (Å²) < 4.78 is 15.9. The predicted molar refractivity (Wildman–Crippen MR) is 50.3 cm³/mol. The molecule has 0 saturated carbocycles. The van der Waals surface area contributed by atoms with E-state index < -0.39 is 0 Å². The minimum Gasteiger partial charge on any atom is -0.487 e. The van der Waals surface area contributed by atoms with E-state index >= 15 is 0 Å². The van der Waals surface area contributed by atoms with Crippen LogP contribution in [0.3, 0.4) is 0 Å². The summed E-state index contributed by atoms with van der Waals surface area (Å²) in [5, 5.41) is 0. The van der Waals surface area contributed by atoms with Crippen LogP contribution in [-0.4, -0.2) is 13.2 Å². The lowest BCUT2D eigenvalue weighted by molar-refractivity contribution is 0.217. The van der Waals surface area contributed by atoms with Gasteiger partial charge < -0.3 is 13.9 Å². The summed E-state index contributed by atoms with van der Waals surface area (Å²) >= 11 is 0. The molecule has 13 heavy (non-hydrogen) atoms. The molecule has 0 aliphatic carbocycles. The van der Waals surface area contributed by atoms with Crippen molar-refractivity contribution in [1.29, 1.82) is 0 Å². The molecule has 1 aromatic heterocycles. The monoisotopic (exact) mass is 184 g/mol. The molecule has 0 saturated heterocycles. The van der Waals surface area contributed by atoms with Gasteiger partial charge in [0, 0.05) is 6.07 Å². The van der Waals surface area contributed by atoms with Gasteiger partial charge in [-0.05, 0) is 12.8 Å². The van der Waals surface area contributed by atoms with Crippen molar-refractivity contribution in [3.8, 4) is 11.7 Å². The van der Waals surface area contributed by atoms with Crippen molar-refractivity contribution in [3.63, 3.8) is 0 Å². The molecular formula is C10H16O3. The molecule has 3 heteroatoms. The molecule has 0 amide bonds. The largest absolute Gasteiger partial charge is 0.487 e. The molecule has 0 aromatic carbocycles. The lowest BCUT2D eigenvalue weighted by Gasteiger charge is -2.04. The molecule has 1 rings (SSSR count). The molecule has 0 N–H and O–H groups in total. The van der Waals surface area contributed by atoms with Crippen molar-refractivity contribution in [2.75, 3.05) is 13.2 Å². The lowest BCUT2D eigenvalue weighted by Crippen LogP contribution is -1.98. The number of ether oxygens (including phenoxy) is 2. The number of hydrogen-bond donors (Lipinski definition) is 0. The van der Waals surface area contributed by atoms with E-state index in [1.165, 1.54) is 0 Å². The van der Waals surface area contributed by atoms with Crippen LogP contribution in [0, 0.1) is 0 Å². The molecule has 1 heterocycles. The van der Waals surface area contributed by atoms with Gasteiger partial charge in [-0.3, -0.25) is 0 Å². The molecule has 74 valence electrons. The maximum absolute atomic E-state index is 5.40. The Balaban J connectivity index is 2.45. The summed E-state index contributed by atoms with van der Waals surface area (Å²) in [6, 6.07) is 1.78. The smallest absolute Gasteiger partial charge is 0.328 e. The zero-order valence-electron chi connectivity index (χ0n) is 8.21. The second kappa shape index (κ2) is 5.51. The SMILES string of the molecule is CCCOc1ccoc1OCCC. The van der Waals surface area contributed by atoms with E-state index in [1.807, 2.05) is 0 Å². The zero-order valence-corrected chi connectivity index (χ0v) is 8.21. The van der Waals surface area contributed by atoms with Gasteiger partial charge in [-0.25, -0.2) is 0 Å². The Bertz CT molecular complexity index is 207. The van der Waals surface area contributed by atoms with Crippen molar-refractivity contribution in [2.45, 2.75) is 26.7 Å². The predicted octanol–water partition coefficient (Wildman–Crippen LogP) is 2.86. The lowest BCUT2D eigenvalue weighted by atomic mass is 10.5. The second-order valence-corrected chi connectivity index (χ2v) is 2.77. The van der Waals surface area contributed by atoms with E-state index in [4.69, 9.17) is 13.9 Å². The highest BCUT2D eigenvalue weighted by Gasteiger charge is 2.07. The number of rotatable bonds is 6. The van der Waals surface area contributed by atoms with Crippen LogP contribution in [-0.2, 0) is 0 Å². The fourth-order valence-corrected chi connectivity index (χ4v) is 0.903. The molecule has 0 radical (unpaired) electrons. The third-order valence-electron chi connectivity index (χ3n) is 1.49. The van der Waals surface area contributed by atoms with Crippen LogP contribution in [0.1, 0.15) is 26.7 Å². The Kier molecular flexibility index (Phi) is 4.23. The molecule has 0 bridgehead atoms. The van der Waals surface area contributed by atoms with Gasteiger partial charge in [0.05, 0.1) is 19.5 Å². The molecule has 0 fully saturated rings. The van der Waals surface area contributed by atoms with Gasteiger partial charge in [-0.1, -0.05) is 13.8 Å². The first-order chi connectivity index (χ1) is 6.38. The first kappa shape index (κ1) is 9.96. The molecule has 3 nitrogen and oxygen atoms in total. The summed E-state index contributed by atoms with van der Waals surface area (Å²) in [5.74, 6) is 1.20. The van der Waals surface area contributed by atoms with Crippen molar-refractivity contribution in [1.82, 2.24) is 0 Å². The average Bonchev–Trinajstić information content (AvgIpc) is 2.59. The number of furan rings is 1. The summed E-state index contributed by atoms with van der Waals surface area (Å²) in [6.07, 6.45) is 3.53. The fourth-order valence-electron chi connectivity index (χ4n) is 0.903. The van der Waals surface area contributed by atoms with Gasteiger partial charge in [0.1, 0.15) is 0 Å². The summed E-state index contributed by atoms with van der Waals surface area (Å²) in [5.41, 5.74) is 0. The third-order valence-corrected chi connectivity index (χ3v) is 1.49. The van der Waals surface area contributed by atoms with Gasteiger partial charge in [0.25, 0.3) is 0 Å². The third kappa shape index (κ3) is 3.01. The van der Waals surface area contributed by atoms with Crippen LogP contribution in [0.25, 0.3) is 0 Å². The van der Waals surface area contributed by atoms with Crippen LogP contribution in [0.5, 0.6) is 11.7 Å².